The molecule has 358 valence electrons. The standard InChI is InChI=1S/C53H93NO8/c1-3-5-7-9-11-13-15-17-19-21-22-23-24-25-27-28-30-32-34-36-38-40-42-47(56)46(45-61-53-52(60)51(59)50(58)48(44-55)62-53)54-49(57)43-41-39-37-35-33-31-29-26-20-18-16-14-12-10-8-6-4-2/h6,8,12,14,18,20,29,31,35,37,40,42,46-48,50-53,55-56,58-60H,3-5,7,9-11,13,15-17,19,21-28,30,32-34,36,38-39,41,43-45H2,1-2H3,(H,54,57)/b8-6-,14-12-,20-18-,31-29-,37-35-,42-40+. The first-order valence-electron chi connectivity index (χ1n) is 25.2. The molecule has 1 heterocycles. The van der Waals surface area contributed by atoms with E-state index in [2.05, 4.69) is 79.9 Å². The highest BCUT2D eigenvalue weighted by Crippen LogP contribution is 2.23. The SMILES string of the molecule is CC/C=C\C/C=C\C/C=C\C/C=C\C/C=C\CCCC(=O)NC(COC1OC(CO)C(O)C(O)C1O)C(O)/C=C/CCCCCCCCCCCCCCCCCCCCCC. The lowest BCUT2D eigenvalue weighted by Gasteiger charge is -2.40. The van der Waals surface area contributed by atoms with Crippen LogP contribution in [0.15, 0.2) is 72.9 Å². The third-order valence-electron chi connectivity index (χ3n) is 11.5. The highest BCUT2D eigenvalue weighted by Gasteiger charge is 2.44. The molecule has 0 aromatic heterocycles. The molecule has 7 atom stereocenters. The number of unbranched alkanes of at least 4 members (excludes halogenated alkanes) is 21. The van der Waals surface area contributed by atoms with E-state index in [4.69, 9.17) is 9.47 Å². The fraction of sp³-hybridized carbons (Fsp3) is 0.755. The molecule has 0 radical (unpaired) electrons. The Morgan fingerprint density at radius 3 is 1.47 bits per heavy atom. The number of hydrogen-bond donors (Lipinski definition) is 6. The topological polar surface area (TPSA) is 149 Å². The van der Waals surface area contributed by atoms with Crippen LogP contribution in [0.5, 0.6) is 0 Å². The zero-order valence-corrected chi connectivity index (χ0v) is 39.4. The third kappa shape index (κ3) is 32.3. The zero-order valence-electron chi connectivity index (χ0n) is 39.4. The predicted octanol–water partition coefficient (Wildman–Crippen LogP) is 11.3. The van der Waals surface area contributed by atoms with Crippen molar-refractivity contribution in [3.05, 3.63) is 72.9 Å². The van der Waals surface area contributed by atoms with Crippen molar-refractivity contribution < 1.29 is 39.8 Å². The number of carbonyl (C=O) groups excluding carboxylic acids is 1. The van der Waals surface area contributed by atoms with Gasteiger partial charge in [-0.1, -0.05) is 209 Å². The van der Waals surface area contributed by atoms with E-state index in [9.17, 15) is 30.3 Å². The Morgan fingerprint density at radius 1 is 0.565 bits per heavy atom. The maximum atomic E-state index is 13.0. The Labute approximate surface area is 378 Å². The second-order valence-corrected chi connectivity index (χ2v) is 17.2. The van der Waals surface area contributed by atoms with Crippen LogP contribution in [0, 0.1) is 0 Å². The molecular weight excluding hydrogens is 779 g/mol. The van der Waals surface area contributed by atoms with Gasteiger partial charge in [-0.3, -0.25) is 4.79 Å². The number of hydrogen-bond acceptors (Lipinski definition) is 8. The Kier molecular flexibility index (Phi) is 39.6. The molecule has 0 saturated carbocycles. The molecule has 62 heavy (non-hydrogen) atoms. The number of allylic oxidation sites excluding steroid dienone is 11. The molecule has 9 nitrogen and oxygen atoms in total. The summed E-state index contributed by atoms with van der Waals surface area (Å²) in [4.78, 5) is 13.0. The zero-order chi connectivity index (χ0) is 45.1. The van der Waals surface area contributed by atoms with Crippen LogP contribution in [-0.4, -0.2) is 87.5 Å². The van der Waals surface area contributed by atoms with Crippen LogP contribution in [0.1, 0.15) is 200 Å². The van der Waals surface area contributed by atoms with E-state index in [0.717, 1.165) is 57.8 Å². The van der Waals surface area contributed by atoms with Crippen LogP contribution < -0.4 is 5.32 Å². The van der Waals surface area contributed by atoms with E-state index in [0.29, 0.717) is 6.42 Å². The molecule has 6 N–H and O–H groups in total. The van der Waals surface area contributed by atoms with Crippen LogP contribution in [0.25, 0.3) is 0 Å². The van der Waals surface area contributed by atoms with Gasteiger partial charge in [-0.2, -0.15) is 0 Å². The van der Waals surface area contributed by atoms with Crippen LogP contribution in [-0.2, 0) is 14.3 Å². The molecule has 0 aliphatic carbocycles. The van der Waals surface area contributed by atoms with Gasteiger partial charge in [-0.25, -0.2) is 0 Å². The molecule has 1 saturated heterocycles. The summed E-state index contributed by atoms with van der Waals surface area (Å²) in [5.41, 5.74) is 0. The van der Waals surface area contributed by atoms with Gasteiger partial charge in [0.05, 0.1) is 25.4 Å². The lowest BCUT2D eigenvalue weighted by atomic mass is 9.99. The first kappa shape index (κ1) is 57.6. The van der Waals surface area contributed by atoms with E-state index in [-0.39, 0.29) is 18.9 Å². The van der Waals surface area contributed by atoms with Gasteiger partial charge in [0.1, 0.15) is 24.4 Å². The van der Waals surface area contributed by atoms with Crippen molar-refractivity contribution >= 4 is 5.91 Å². The van der Waals surface area contributed by atoms with Crippen LogP contribution in [0.3, 0.4) is 0 Å². The van der Waals surface area contributed by atoms with Crippen molar-refractivity contribution in [3.8, 4) is 0 Å². The number of aliphatic hydroxyl groups excluding tert-OH is 5. The first-order valence-corrected chi connectivity index (χ1v) is 25.2. The predicted molar refractivity (Wildman–Crippen MR) is 258 cm³/mol. The number of carbonyl (C=O) groups is 1. The van der Waals surface area contributed by atoms with Crippen molar-refractivity contribution in [3.63, 3.8) is 0 Å². The lowest BCUT2D eigenvalue weighted by molar-refractivity contribution is -0.302. The van der Waals surface area contributed by atoms with Gasteiger partial charge in [-0.15, -0.1) is 0 Å². The third-order valence-corrected chi connectivity index (χ3v) is 11.5. The number of nitrogens with one attached hydrogen (secondary N) is 1. The van der Waals surface area contributed by atoms with Crippen molar-refractivity contribution in [1.29, 1.82) is 0 Å². The summed E-state index contributed by atoms with van der Waals surface area (Å²) >= 11 is 0. The van der Waals surface area contributed by atoms with Gasteiger partial charge in [0, 0.05) is 6.42 Å². The Morgan fingerprint density at radius 2 is 1.00 bits per heavy atom. The average molecular weight is 872 g/mol. The summed E-state index contributed by atoms with van der Waals surface area (Å²) in [6.45, 7) is 3.63. The van der Waals surface area contributed by atoms with E-state index in [1.54, 1.807) is 6.08 Å². The average Bonchev–Trinajstić information content (AvgIpc) is 3.27. The highest BCUT2D eigenvalue weighted by atomic mass is 16.7. The Balaban J connectivity index is 2.35. The van der Waals surface area contributed by atoms with Gasteiger partial charge in [0.25, 0.3) is 0 Å². The maximum Gasteiger partial charge on any atom is 0.220 e. The number of amides is 1. The summed E-state index contributed by atoms with van der Waals surface area (Å²) in [5.74, 6) is -0.235. The van der Waals surface area contributed by atoms with Crippen LogP contribution in [0.2, 0.25) is 0 Å². The molecule has 0 aromatic rings. The highest BCUT2D eigenvalue weighted by molar-refractivity contribution is 5.76. The minimum atomic E-state index is -1.58. The molecule has 0 aromatic carbocycles. The molecule has 1 aliphatic rings. The Hall–Kier alpha value is -2.37. The summed E-state index contributed by atoms with van der Waals surface area (Å²) < 4.78 is 11.2. The van der Waals surface area contributed by atoms with Crippen molar-refractivity contribution in [2.45, 2.75) is 243 Å². The van der Waals surface area contributed by atoms with E-state index < -0.39 is 49.5 Å². The van der Waals surface area contributed by atoms with Gasteiger partial charge in [0.15, 0.2) is 6.29 Å². The molecule has 0 spiro atoms. The second-order valence-electron chi connectivity index (χ2n) is 17.2. The maximum absolute atomic E-state index is 13.0. The molecule has 1 amide bonds. The Bertz CT molecular complexity index is 1200. The molecule has 1 fully saturated rings. The second kappa shape index (κ2) is 42.6. The lowest BCUT2D eigenvalue weighted by Crippen LogP contribution is -2.60. The van der Waals surface area contributed by atoms with Crippen LogP contribution in [0.4, 0.5) is 0 Å². The van der Waals surface area contributed by atoms with E-state index >= 15 is 0 Å². The van der Waals surface area contributed by atoms with Crippen molar-refractivity contribution in [2.24, 2.45) is 0 Å². The van der Waals surface area contributed by atoms with Gasteiger partial charge >= 0.3 is 0 Å². The minimum absolute atomic E-state index is 0.214. The smallest absolute Gasteiger partial charge is 0.220 e. The molecule has 1 aliphatic heterocycles. The number of rotatable bonds is 41. The molecular formula is C53H93NO8. The molecule has 1 rings (SSSR count). The molecule has 0 bridgehead atoms. The fourth-order valence-corrected chi connectivity index (χ4v) is 7.54. The largest absolute Gasteiger partial charge is 0.394 e. The van der Waals surface area contributed by atoms with Crippen LogP contribution >= 0.6 is 0 Å². The van der Waals surface area contributed by atoms with E-state index in [1.165, 1.54) is 116 Å². The van der Waals surface area contributed by atoms with Crippen molar-refractivity contribution in [1.82, 2.24) is 5.32 Å². The monoisotopic (exact) mass is 872 g/mol. The fourth-order valence-electron chi connectivity index (χ4n) is 7.54. The summed E-state index contributed by atoms with van der Waals surface area (Å²) in [7, 11) is 0. The van der Waals surface area contributed by atoms with Gasteiger partial charge in [-0.05, 0) is 57.8 Å². The quantitative estimate of drug-likeness (QED) is 0.0263. The van der Waals surface area contributed by atoms with Crippen molar-refractivity contribution in [2.75, 3.05) is 13.2 Å². The van der Waals surface area contributed by atoms with Gasteiger partial charge < -0.3 is 40.3 Å². The summed E-state index contributed by atoms with van der Waals surface area (Å²) in [5, 5.41) is 54.3. The van der Waals surface area contributed by atoms with E-state index in [1.807, 2.05) is 6.08 Å². The normalized spacial score (nSPS) is 20.9. The number of aliphatic hydroxyl groups is 5. The minimum Gasteiger partial charge on any atom is -0.394 e. The molecule has 7 unspecified atom stereocenters. The summed E-state index contributed by atoms with van der Waals surface area (Å²) in [6.07, 6.45) is 51.0. The van der Waals surface area contributed by atoms with Gasteiger partial charge in [0.2, 0.25) is 5.91 Å². The summed E-state index contributed by atoms with van der Waals surface area (Å²) in [6, 6.07) is -0.838. The number of ether oxygens (including phenoxy) is 2. The molecule has 9 heteroatoms. The first-order chi connectivity index (χ1) is 30.3.